The van der Waals surface area contributed by atoms with Crippen LogP contribution in [0.15, 0.2) is 53.3 Å². The smallest absolute Gasteiger partial charge is 0.320 e. The van der Waals surface area contributed by atoms with Gasteiger partial charge in [0.1, 0.15) is 5.69 Å². The van der Waals surface area contributed by atoms with Gasteiger partial charge in [-0.15, -0.1) is 0 Å². The highest BCUT2D eigenvalue weighted by Gasteiger charge is 2.35. The van der Waals surface area contributed by atoms with E-state index < -0.39 is 51.4 Å². The third-order valence-electron chi connectivity index (χ3n) is 4.66. The summed E-state index contributed by atoms with van der Waals surface area (Å²) in [5, 5.41) is 13.6. The van der Waals surface area contributed by atoms with E-state index in [0.717, 1.165) is 4.57 Å². The Bertz CT molecular complexity index is 1270. The minimum atomic E-state index is -5.01. The second kappa shape index (κ2) is 8.56. The summed E-state index contributed by atoms with van der Waals surface area (Å²) in [5.41, 5.74) is -4.38. The molecule has 7 nitrogen and oxygen atoms in total. The van der Waals surface area contributed by atoms with Crippen molar-refractivity contribution in [3.8, 4) is 0 Å². The molecule has 0 spiro atoms. The molecule has 0 atom stereocenters. The molecular formula is C20H14F6N4O3. The average molecular weight is 472 g/mol. The van der Waals surface area contributed by atoms with E-state index in [9.17, 15) is 41.3 Å². The topological polar surface area (TPSA) is 90.1 Å². The Labute approximate surface area is 181 Å². The molecule has 0 bridgehead atoms. The van der Waals surface area contributed by atoms with E-state index in [1.54, 1.807) is 31.2 Å². The number of anilines is 2. The molecular weight excluding hydrogens is 458 g/mol. The minimum absolute atomic E-state index is 0.236. The summed E-state index contributed by atoms with van der Waals surface area (Å²) >= 11 is 0. The molecule has 3 aromatic rings. The molecule has 33 heavy (non-hydrogen) atoms. The summed E-state index contributed by atoms with van der Waals surface area (Å²) in [4.78, 5) is 26.1. The number of nitrogens with one attached hydrogen (secondary N) is 1. The quantitative estimate of drug-likeness (QED) is 0.310. The lowest BCUT2D eigenvalue weighted by Crippen LogP contribution is -2.27. The number of nitro benzene ring substituents is 1. The third kappa shape index (κ3) is 5.30. The number of rotatable bonds is 5. The van der Waals surface area contributed by atoms with Crippen molar-refractivity contribution in [1.29, 1.82) is 0 Å². The molecule has 13 heteroatoms. The molecule has 0 fully saturated rings. The van der Waals surface area contributed by atoms with Gasteiger partial charge < -0.3 is 5.32 Å². The maximum absolute atomic E-state index is 13.2. The number of hydrogen-bond donors (Lipinski definition) is 1. The van der Waals surface area contributed by atoms with Crippen LogP contribution in [0.1, 0.15) is 22.4 Å². The Morgan fingerprint density at radius 1 is 1.03 bits per heavy atom. The standard InChI is InChI=1S/C20H14F6N4O3/c1-11-4-2-3-5-12(11)10-29-17(31)9-16(20(24,25)26)28-18(29)27-14-7-6-13(19(21,22)23)8-15(14)30(32)33/h2-9H,10H2,1H3,(H,27,28). The molecule has 3 rings (SSSR count). The zero-order valence-electron chi connectivity index (χ0n) is 16.7. The van der Waals surface area contributed by atoms with E-state index in [1.807, 2.05) is 0 Å². The van der Waals surface area contributed by atoms with Gasteiger partial charge in [0.15, 0.2) is 5.69 Å². The van der Waals surface area contributed by atoms with Crippen molar-refractivity contribution in [2.24, 2.45) is 0 Å². The summed E-state index contributed by atoms with van der Waals surface area (Å²) in [6.45, 7) is 1.46. The number of aromatic nitrogens is 2. The molecule has 1 N–H and O–H groups in total. The van der Waals surface area contributed by atoms with Gasteiger partial charge >= 0.3 is 12.4 Å². The highest BCUT2D eigenvalue weighted by Crippen LogP contribution is 2.36. The highest BCUT2D eigenvalue weighted by molar-refractivity contribution is 5.67. The van der Waals surface area contributed by atoms with Gasteiger partial charge in [-0.25, -0.2) is 4.98 Å². The molecule has 0 unspecified atom stereocenters. The van der Waals surface area contributed by atoms with Crippen LogP contribution < -0.4 is 10.9 Å². The first-order valence-corrected chi connectivity index (χ1v) is 9.13. The summed E-state index contributed by atoms with van der Waals surface area (Å²) in [6, 6.07) is 8.37. The van der Waals surface area contributed by atoms with Gasteiger partial charge in [-0.3, -0.25) is 19.5 Å². The first-order chi connectivity index (χ1) is 15.3. The first kappa shape index (κ1) is 23.8. The average Bonchev–Trinajstić information content (AvgIpc) is 2.70. The molecule has 0 radical (unpaired) electrons. The molecule has 0 aliphatic rings. The lowest BCUT2D eigenvalue weighted by molar-refractivity contribution is -0.384. The van der Waals surface area contributed by atoms with Crippen LogP contribution in [0.25, 0.3) is 0 Å². The van der Waals surface area contributed by atoms with Gasteiger partial charge in [-0.05, 0) is 30.2 Å². The number of benzene rings is 2. The van der Waals surface area contributed by atoms with Gasteiger partial charge in [0.2, 0.25) is 5.95 Å². The second-order valence-electron chi connectivity index (χ2n) is 6.93. The fourth-order valence-electron chi connectivity index (χ4n) is 2.94. The van der Waals surface area contributed by atoms with E-state index in [-0.39, 0.29) is 18.7 Å². The molecule has 0 aliphatic heterocycles. The Morgan fingerprint density at radius 3 is 2.27 bits per heavy atom. The van der Waals surface area contributed by atoms with Gasteiger partial charge in [0.25, 0.3) is 11.2 Å². The monoisotopic (exact) mass is 472 g/mol. The Balaban J connectivity index is 2.17. The van der Waals surface area contributed by atoms with Crippen molar-refractivity contribution < 1.29 is 31.3 Å². The SMILES string of the molecule is Cc1ccccc1Cn1c(Nc2ccc(C(F)(F)F)cc2[N+](=O)[O-])nc(C(F)(F)F)cc1=O. The van der Waals surface area contributed by atoms with Crippen molar-refractivity contribution in [2.45, 2.75) is 25.8 Å². The summed E-state index contributed by atoms with van der Waals surface area (Å²) < 4.78 is 79.3. The van der Waals surface area contributed by atoms with Crippen LogP contribution >= 0.6 is 0 Å². The van der Waals surface area contributed by atoms with Gasteiger partial charge in [0, 0.05) is 12.1 Å². The van der Waals surface area contributed by atoms with Crippen molar-refractivity contribution in [1.82, 2.24) is 9.55 Å². The van der Waals surface area contributed by atoms with Crippen LogP contribution in [0.5, 0.6) is 0 Å². The third-order valence-corrected chi connectivity index (χ3v) is 4.66. The van der Waals surface area contributed by atoms with Crippen LogP contribution in [-0.2, 0) is 18.9 Å². The molecule has 0 saturated heterocycles. The Hall–Kier alpha value is -3.90. The van der Waals surface area contributed by atoms with Crippen LogP contribution in [0.2, 0.25) is 0 Å². The summed E-state index contributed by atoms with van der Waals surface area (Å²) in [7, 11) is 0. The minimum Gasteiger partial charge on any atom is -0.320 e. The lowest BCUT2D eigenvalue weighted by atomic mass is 10.1. The number of alkyl halides is 6. The van der Waals surface area contributed by atoms with Crippen LogP contribution in [0, 0.1) is 17.0 Å². The maximum Gasteiger partial charge on any atom is 0.433 e. The Kier molecular flexibility index (Phi) is 6.16. The van der Waals surface area contributed by atoms with Gasteiger partial charge in [-0.2, -0.15) is 26.3 Å². The highest BCUT2D eigenvalue weighted by atomic mass is 19.4. The maximum atomic E-state index is 13.2. The van der Waals surface area contributed by atoms with E-state index in [0.29, 0.717) is 23.3 Å². The van der Waals surface area contributed by atoms with E-state index >= 15 is 0 Å². The largest absolute Gasteiger partial charge is 0.433 e. The molecule has 1 heterocycles. The zero-order chi connectivity index (χ0) is 24.6. The van der Waals surface area contributed by atoms with E-state index in [1.165, 1.54) is 0 Å². The van der Waals surface area contributed by atoms with Gasteiger partial charge in [-0.1, -0.05) is 24.3 Å². The summed E-state index contributed by atoms with van der Waals surface area (Å²) in [5.74, 6) is -0.721. The molecule has 0 aliphatic carbocycles. The van der Waals surface area contributed by atoms with Crippen LogP contribution in [-0.4, -0.2) is 14.5 Å². The van der Waals surface area contributed by atoms with Gasteiger partial charge in [0.05, 0.1) is 17.0 Å². The van der Waals surface area contributed by atoms with Crippen molar-refractivity contribution >= 4 is 17.3 Å². The predicted molar refractivity (Wildman–Crippen MR) is 105 cm³/mol. The van der Waals surface area contributed by atoms with Crippen molar-refractivity contribution in [3.63, 3.8) is 0 Å². The molecule has 174 valence electrons. The van der Waals surface area contributed by atoms with Crippen molar-refractivity contribution in [2.75, 3.05) is 5.32 Å². The molecule has 0 saturated carbocycles. The molecule has 2 aromatic carbocycles. The number of hydrogen-bond acceptors (Lipinski definition) is 5. The number of halogens is 6. The number of nitrogens with zero attached hydrogens (tertiary/aromatic N) is 3. The van der Waals surface area contributed by atoms with E-state index in [2.05, 4.69) is 10.3 Å². The summed E-state index contributed by atoms with van der Waals surface area (Å²) in [6.07, 6.45) is -9.89. The Morgan fingerprint density at radius 2 is 1.70 bits per heavy atom. The first-order valence-electron chi connectivity index (χ1n) is 9.13. The fraction of sp³-hybridized carbons (Fsp3) is 0.200. The van der Waals surface area contributed by atoms with Crippen LogP contribution in [0.3, 0.4) is 0 Å². The lowest BCUT2D eigenvalue weighted by Gasteiger charge is -2.17. The van der Waals surface area contributed by atoms with Crippen molar-refractivity contribution in [3.05, 3.63) is 91.4 Å². The number of aryl methyl sites for hydroxylation is 1. The second-order valence-corrected chi connectivity index (χ2v) is 6.93. The predicted octanol–water partition coefficient (Wildman–Crippen LogP) is 5.29. The zero-order valence-corrected chi connectivity index (χ0v) is 16.7. The number of nitro groups is 1. The molecule has 1 aromatic heterocycles. The van der Waals surface area contributed by atoms with Crippen LogP contribution in [0.4, 0.5) is 43.7 Å². The van der Waals surface area contributed by atoms with E-state index in [4.69, 9.17) is 0 Å². The fourth-order valence-corrected chi connectivity index (χ4v) is 2.94. The normalized spacial score (nSPS) is 12.0. The molecule has 0 amide bonds.